The highest BCUT2D eigenvalue weighted by molar-refractivity contribution is 7.17. The van der Waals surface area contributed by atoms with E-state index in [0.717, 1.165) is 18.8 Å². The van der Waals surface area contributed by atoms with Crippen molar-refractivity contribution in [2.45, 2.75) is 46.1 Å². The molecule has 1 N–H and O–H groups in total. The maximum Gasteiger partial charge on any atom is 0.261 e. The van der Waals surface area contributed by atoms with Gasteiger partial charge in [-0.15, -0.1) is 11.3 Å². The van der Waals surface area contributed by atoms with Gasteiger partial charge >= 0.3 is 0 Å². The molecule has 1 aromatic heterocycles. The van der Waals surface area contributed by atoms with Crippen LogP contribution in [0.25, 0.3) is 0 Å². The Kier molecular flexibility index (Phi) is 6.00. The molecule has 0 spiro atoms. The van der Waals surface area contributed by atoms with Crippen molar-refractivity contribution in [3.63, 3.8) is 0 Å². The van der Waals surface area contributed by atoms with Crippen LogP contribution in [0.5, 0.6) is 0 Å². The van der Waals surface area contributed by atoms with Crippen LogP contribution >= 0.6 is 22.9 Å². The van der Waals surface area contributed by atoms with Gasteiger partial charge in [-0.05, 0) is 31.4 Å². The average molecular weight is 274 g/mol. The summed E-state index contributed by atoms with van der Waals surface area (Å²) in [5.41, 5.74) is 0. The number of rotatable bonds is 6. The zero-order valence-corrected chi connectivity index (χ0v) is 12.2. The third kappa shape index (κ3) is 5.55. The van der Waals surface area contributed by atoms with E-state index in [9.17, 15) is 4.79 Å². The fourth-order valence-electron chi connectivity index (χ4n) is 1.64. The molecule has 1 amide bonds. The van der Waals surface area contributed by atoms with Crippen LogP contribution in [0.2, 0.25) is 4.34 Å². The largest absolute Gasteiger partial charge is 0.349 e. The molecule has 1 heterocycles. The predicted octanol–water partition coefficient (Wildman–Crippen LogP) is 4.35. The van der Waals surface area contributed by atoms with Crippen LogP contribution in [-0.2, 0) is 0 Å². The molecule has 96 valence electrons. The Morgan fingerprint density at radius 1 is 1.35 bits per heavy atom. The zero-order valence-electron chi connectivity index (χ0n) is 10.6. The number of hydrogen-bond acceptors (Lipinski definition) is 2. The van der Waals surface area contributed by atoms with E-state index in [0.29, 0.717) is 9.21 Å². The van der Waals surface area contributed by atoms with Crippen molar-refractivity contribution >= 4 is 28.8 Å². The number of amides is 1. The van der Waals surface area contributed by atoms with E-state index in [-0.39, 0.29) is 11.9 Å². The van der Waals surface area contributed by atoms with Gasteiger partial charge < -0.3 is 5.32 Å². The molecular weight excluding hydrogens is 254 g/mol. The molecule has 0 aliphatic rings. The standard InChI is InChI=1S/C13H20ClNOS/c1-9(2)5-4-6-10(3)15-13(16)11-7-8-12(14)17-11/h7-10H,4-6H2,1-3H3,(H,15,16). The Bertz CT molecular complexity index is 362. The fourth-order valence-corrected chi connectivity index (χ4v) is 2.58. The van der Waals surface area contributed by atoms with Crippen molar-refractivity contribution in [3.05, 3.63) is 21.3 Å². The number of halogens is 1. The van der Waals surface area contributed by atoms with Gasteiger partial charge in [0.05, 0.1) is 9.21 Å². The molecule has 0 fully saturated rings. The van der Waals surface area contributed by atoms with Crippen LogP contribution in [0.4, 0.5) is 0 Å². The normalized spacial score (nSPS) is 12.8. The van der Waals surface area contributed by atoms with Crippen molar-refractivity contribution in [2.75, 3.05) is 0 Å². The van der Waals surface area contributed by atoms with Crippen molar-refractivity contribution in [1.29, 1.82) is 0 Å². The average Bonchev–Trinajstić information content (AvgIpc) is 2.64. The molecule has 2 nitrogen and oxygen atoms in total. The van der Waals surface area contributed by atoms with Gasteiger partial charge in [0.15, 0.2) is 0 Å². The van der Waals surface area contributed by atoms with Crippen LogP contribution < -0.4 is 5.32 Å². The second-order valence-electron chi connectivity index (χ2n) is 4.80. The summed E-state index contributed by atoms with van der Waals surface area (Å²) in [7, 11) is 0. The number of hydrogen-bond donors (Lipinski definition) is 1. The van der Waals surface area contributed by atoms with Crippen LogP contribution in [0, 0.1) is 5.92 Å². The number of carbonyl (C=O) groups excluding carboxylic acids is 1. The Balaban J connectivity index is 2.31. The van der Waals surface area contributed by atoms with E-state index in [2.05, 4.69) is 19.2 Å². The van der Waals surface area contributed by atoms with Gasteiger partial charge in [0.25, 0.3) is 5.91 Å². The van der Waals surface area contributed by atoms with Crippen LogP contribution in [-0.4, -0.2) is 11.9 Å². The third-order valence-corrected chi connectivity index (χ3v) is 3.82. The van der Waals surface area contributed by atoms with Gasteiger partial charge in [-0.2, -0.15) is 0 Å². The summed E-state index contributed by atoms with van der Waals surface area (Å²) < 4.78 is 0.655. The quantitative estimate of drug-likeness (QED) is 0.820. The van der Waals surface area contributed by atoms with Gasteiger partial charge in [-0.3, -0.25) is 4.79 Å². The van der Waals surface area contributed by atoms with E-state index in [1.165, 1.54) is 17.8 Å². The Morgan fingerprint density at radius 2 is 2.06 bits per heavy atom. The van der Waals surface area contributed by atoms with Crippen molar-refractivity contribution in [1.82, 2.24) is 5.32 Å². The zero-order chi connectivity index (χ0) is 12.8. The fraction of sp³-hybridized carbons (Fsp3) is 0.615. The summed E-state index contributed by atoms with van der Waals surface area (Å²) in [5.74, 6) is 0.716. The molecule has 0 aliphatic carbocycles. The van der Waals surface area contributed by atoms with Gasteiger partial charge in [0, 0.05) is 6.04 Å². The lowest BCUT2D eigenvalue weighted by Gasteiger charge is -2.13. The van der Waals surface area contributed by atoms with Gasteiger partial charge in [0.2, 0.25) is 0 Å². The first-order chi connectivity index (χ1) is 7.99. The summed E-state index contributed by atoms with van der Waals surface area (Å²) in [6.07, 6.45) is 3.40. The second-order valence-corrected chi connectivity index (χ2v) is 6.52. The predicted molar refractivity (Wildman–Crippen MR) is 74.9 cm³/mol. The molecule has 0 radical (unpaired) electrons. The smallest absolute Gasteiger partial charge is 0.261 e. The minimum absolute atomic E-state index is 0.0149. The first-order valence-electron chi connectivity index (χ1n) is 6.05. The van der Waals surface area contributed by atoms with E-state index in [1.54, 1.807) is 12.1 Å². The van der Waals surface area contributed by atoms with Crippen LogP contribution in [0.15, 0.2) is 12.1 Å². The summed E-state index contributed by atoms with van der Waals surface area (Å²) in [6.45, 7) is 6.49. The van der Waals surface area contributed by atoms with Crippen molar-refractivity contribution in [3.8, 4) is 0 Å². The number of carbonyl (C=O) groups is 1. The number of thiophene rings is 1. The van der Waals surface area contributed by atoms with Gasteiger partial charge in [0.1, 0.15) is 0 Å². The Morgan fingerprint density at radius 3 is 2.59 bits per heavy atom. The first kappa shape index (κ1) is 14.5. The summed E-state index contributed by atoms with van der Waals surface area (Å²) >= 11 is 7.12. The van der Waals surface area contributed by atoms with Crippen molar-refractivity contribution in [2.24, 2.45) is 5.92 Å². The highest BCUT2D eigenvalue weighted by Gasteiger charge is 2.11. The SMILES string of the molecule is CC(C)CCCC(C)NC(=O)c1ccc(Cl)s1. The molecule has 0 aliphatic heterocycles. The summed E-state index contributed by atoms with van der Waals surface area (Å²) in [6, 6.07) is 3.75. The minimum Gasteiger partial charge on any atom is -0.349 e. The molecule has 0 saturated carbocycles. The molecule has 1 aromatic rings. The molecule has 1 unspecified atom stereocenters. The third-order valence-electron chi connectivity index (χ3n) is 2.59. The topological polar surface area (TPSA) is 29.1 Å². The monoisotopic (exact) mass is 273 g/mol. The van der Waals surface area contributed by atoms with E-state index >= 15 is 0 Å². The second kappa shape index (κ2) is 7.02. The minimum atomic E-state index is -0.0149. The van der Waals surface area contributed by atoms with E-state index in [4.69, 9.17) is 11.6 Å². The lowest BCUT2D eigenvalue weighted by Crippen LogP contribution is -2.31. The summed E-state index contributed by atoms with van der Waals surface area (Å²) in [5, 5.41) is 3.00. The maximum atomic E-state index is 11.8. The molecule has 0 saturated heterocycles. The molecule has 4 heteroatoms. The van der Waals surface area contributed by atoms with Gasteiger partial charge in [-0.25, -0.2) is 0 Å². The van der Waals surface area contributed by atoms with E-state index in [1.807, 2.05) is 6.92 Å². The molecule has 1 rings (SSSR count). The molecular formula is C13H20ClNOS. The lowest BCUT2D eigenvalue weighted by molar-refractivity contribution is 0.0942. The highest BCUT2D eigenvalue weighted by Crippen LogP contribution is 2.21. The van der Waals surface area contributed by atoms with Crippen LogP contribution in [0.1, 0.15) is 49.7 Å². The highest BCUT2D eigenvalue weighted by atomic mass is 35.5. The molecule has 0 bridgehead atoms. The van der Waals surface area contributed by atoms with Gasteiger partial charge in [-0.1, -0.05) is 38.3 Å². The van der Waals surface area contributed by atoms with E-state index < -0.39 is 0 Å². The number of nitrogens with one attached hydrogen (secondary N) is 1. The molecule has 0 aromatic carbocycles. The van der Waals surface area contributed by atoms with Crippen molar-refractivity contribution < 1.29 is 4.79 Å². The summed E-state index contributed by atoms with van der Waals surface area (Å²) in [4.78, 5) is 12.5. The Labute approximate surface area is 112 Å². The maximum absolute atomic E-state index is 11.8. The Hall–Kier alpha value is -0.540. The molecule has 1 atom stereocenters. The molecule has 17 heavy (non-hydrogen) atoms. The first-order valence-corrected chi connectivity index (χ1v) is 7.24. The van der Waals surface area contributed by atoms with Crippen LogP contribution in [0.3, 0.4) is 0 Å². The lowest BCUT2D eigenvalue weighted by atomic mass is 10.0.